The standard InChI is InChI=1S/C10H13N5O/c1-7-9(5-12-14-7)10(16)11-3-8-4-13-15(2)6-8/h4-6H,3H2,1-2H3,(H,11,16)(H,12,14). The highest BCUT2D eigenvalue weighted by molar-refractivity contribution is 5.94. The molecule has 6 nitrogen and oxygen atoms in total. The predicted molar refractivity (Wildman–Crippen MR) is 57.7 cm³/mol. The van der Waals surface area contributed by atoms with Crippen LogP contribution in [0.4, 0.5) is 0 Å². The molecule has 6 heteroatoms. The van der Waals surface area contributed by atoms with Crippen LogP contribution in [0.15, 0.2) is 18.6 Å². The lowest BCUT2D eigenvalue weighted by molar-refractivity contribution is 0.0950. The number of nitrogens with zero attached hydrogens (tertiary/aromatic N) is 3. The number of carbonyl (C=O) groups excluding carboxylic acids is 1. The fraction of sp³-hybridized carbons (Fsp3) is 0.300. The van der Waals surface area contributed by atoms with E-state index in [9.17, 15) is 4.79 Å². The minimum absolute atomic E-state index is 0.130. The van der Waals surface area contributed by atoms with E-state index in [-0.39, 0.29) is 5.91 Å². The van der Waals surface area contributed by atoms with Gasteiger partial charge in [0.25, 0.3) is 5.91 Å². The van der Waals surface area contributed by atoms with Crippen molar-refractivity contribution in [3.63, 3.8) is 0 Å². The zero-order valence-corrected chi connectivity index (χ0v) is 9.19. The highest BCUT2D eigenvalue weighted by Gasteiger charge is 2.10. The number of hydrogen-bond donors (Lipinski definition) is 2. The predicted octanol–water partition coefficient (Wildman–Crippen LogP) is 0.382. The van der Waals surface area contributed by atoms with Gasteiger partial charge >= 0.3 is 0 Å². The Bertz CT molecular complexity index is 499. The summed E-state index contributed by atoms with van der Waals surface area (Å²) in [4.78, 5) is 11.7. The van der Waals surface area contributed by atoms with Crippen molar-refractivity contribution in [1.82, 2.24) is 25.3 Å². The van der Waals surface area contributed by atoms with Crippen LogP contribution < -0.4 is 5.32 Å². The van der Waals surface area contributed by atoms with Crippen LogP contribution in [0.5, 0.6) is 0 Å². The van der Waals surface area contributed by atoms with Gasteiger partial charge in [0.2, 0.25) is 0 Å². The lowest BCUT2D eigenvalue weighted by Crippen LogP contribution is -2.22. The van der Waals surface area contributed by atoms with Crippen molar-refractivity contribution < 1.29 is 4.79 Å². The molecule has 0 aliphatic carbocycles. The molecule has 16 heavy (non-hydrogen) atoms. The Labute approximate surface area is 92.7 Å². The fourth-order valence-electron chi connectivity index (χ4n) is 1.42. The van der Waals surface area contributed by atoms with Crippen LogP contribution in [0.3, 0.4) is 0 Å². The lowest BCUT2D eigenvalue weighted by atomic mass is 10.2. The zero-order valence-electron chi connectivity index (χ0n) is 9.19. The van der Waals surface area contributed by atoms with Gasteiger partial charge in [-0.3, -0.25) is 14.6 Å². The molecule has 2 aromatic heterocycles. The molecule has 0 radical (unpaired) electrons. The Morgan fingerprint density at radius 1 is 1.56 bits per heavy atom. The van der Waals surface area contributed by atoms with Crippen molar-refractivity contribution in [1.29, 1.82) is 0 Å². The molecule has 0 saturated heterocycles. The Kier molecular flexibility index (Phi) is 2.72. The molecule has 2 rings (SSSR count). The van der Waals surface area contributed by atoms with Crippen LogP contribution in [0.2, 0.25) is 0 Å². The average Bonchev–Trinajstić information content (AvgIpc) is 2.84. The number of rotatable bonds is 3. The molecular formula is C10H13N5O. The summed E-state index contributed by atoms with van der Waals surface area (Å²) in [5.41, 5.74) is 2.31. The van der Waals surface area contributed by atoms with E-state index in [1.54, 1.807) is 10.9 Å². The van der Waals surface area contributed by atoms with Crippen LogP contribution in [-0.2, 0) is 13.6 Å². The maximum atomic E-state index is 11.7. The number of nitrogens with one attached hydrogen (secondary N) is 2. The second kappa shape index (κ2) is 4.18. The summed E-state index contributed by atoms with van der Waals surface area (Å²) in [6.45, 7) is 2.28. The van der Waals surface area contributed by atoms with Crippen molar-refractivity contribution in [3.8, 4) is 0 Å². The van der Waals surface area contributed by atoms with Gasteiger partial charge in [0.15, 0.2) is 0 Å². The highest BCUT2D eigenvalue weighted by atomic mass is 16.1. The molecule has 0 fully saturated rings. The minimum Gasteiger partial charge on any atom is -0.348 e. The van der Waals surface area contributed by atoms with Crippen LogP contribution >= 0.6 is 0 Å². The van der Waals surface area contributed by atoms with Crippen molar-refractivity contribution >= 4 is 5.91 Å². The molecule has 0 saturated carbocycles. The first-order chi connectivity index (χ1) is 7.66. The maximum Gasteiger partial charge on any atom is 0.255 e. The summed E-state index contributed by atoms with van der Waals surface area (Å²) in [6.07, 6.45) is 5.11. The number of aromatic amines is 1. The summed E-state index contributed by atoms with van der Waals surface area (Å²) in [6, 6.07) is 0. The van der Waals surface area contributed by atoms with Gasteiger partial charge < -0.3 is 5.32 Å². The lowest BCUT2D eigenvalue weighted by Gasteiger charge is -2.01. The number of carbonyl (C=O) groups is 1. The van der Waals surface area contributed by atoms with E-state index in [0.717, 1.165) is 11.3 Å². The molecule has 0 aliphatic heterocycles. The average molecular weight is 219 g/mol. The van der Waals surface area contributed by atoms with E-state index in [2.05, 4.69) is 20.6 Å². The van der Waals surface area contributed by atoms with Gasteiger partial charge in [-0.1, -0.05) is 0 Å². The van der Waals surface area contributed by atoms with E-state index in [1.807, 2.05) is 20.2 Å². The molecular weight excluding hydrogens is 206 g/mol. The monoisotopic (exact) mass is 219 g/mol. The normalized spacial score (nSPS) is 10.4. The topological polar surface area (TPSA) is 75.6 Å². The fourth-order valence-corrected chi connectivity index (χ4v) is 1.42. The minimum atomic E-state index is -0.130. The van der Waals surface area contributed by atoms with Crippen LogP contribution in [0.25, 0.3) is 0 Å². The van der Waals surface area contributed by atoms with E-state index in [1.165, 1.54) is 6.20 Å². The Morgan fingerprint density at radius 2 is 2.38 bits per heavy atom. The molecule has 0 bridgehead atoms. The molecule has 0 aromatic carbocycles. The Hall–Kier alpha value is -2.11. The summed E-state index contributed by atoms with van der Waals surface area (Å²) < 4.78 is 1.70. The van der Waals surface area contributed by atoms with Crippen molar-refractivity contribution in [2.75, 3.05) is 0 Å². The summed E-state index contributed by atoms with van der Waals surface area (Å²) >= 11 is 0. The SMILES string of the molecule is Cc1[nH]ncc1C(=O)NCc1cnn(C)c1. The van der Waals surface area contributed by atoms with Gasteiger partial charge in [0.1, 0.15) is 0 Å². The van der Waals surface area contributed by atoms with Crippen molar-refractivity contribution in [3.05, 3.63) is 35.4 Å². The first-order valence-electron chi connectivity index (χ1n) is 4.92. The zero-order chi connectivity index (χ0) is 11.5. The van der Waals surface area contributed by atoms with E-state index < -0.39 is 0 Å². The van der Waals surface area contributed by atoms with Crippen molar-refractivity contribution in [2.24, 2.45) is 7.05 Å². The Morgan fingerprint density at radius 3 is 2.94 bits per heavy atom. The number of amides is 1. The first-order valence-corrected chi connectivity index (χ1v) is 4.92. The van der Waals surface area contributed by atoms with Gasteiger partial charge in [-0.25, -0.2) is 0 Å². The largest absolute Gasteiger partial charge is 0.348 e. The third-order valence-electron chi connectivity index (χ3n) is 2.29. The van der Waals surface area contributed by atoms with Gasteiger partial charge in [0.05, 0.1) is 18.0 Å². The Balaban J connectivity index is 1.96. The van der Waals surface area contributed by atoms with Gasteiger partial charge in [0, 0.05) is 31.0 Å². The van der Waals surface area contributed by atoms with Gasteiger partial charge in [-0.05, 0) is 6.92 Å². The summed E-state index contributed by atoms with van der Waals surface area (Å²) in [7, 11) is 1.84. The molecule has 2 heterocycles. The van der Waals surface area contributed by atoms with Crippen LogP contribution in [-0.4, -0.2) is 25.9 Å². The smallest absolute Gasteiger partial charge is 0.255 e. The summed E-state index contributed by atoms with van der Waals surface area (Å²) in [5.74, 6) is -0.130. The van der Waals surface area contributed by atoms with E-state index >= 15 is 0 Å². The second-order valence-electron chi connectivity index (χ2n) is 3.61. The van der Waals surface area contributed by atoms with E-state index in [4.69, 9.17) is 0 Å². The highest BCUT2D eigenvalue weighted by Crippen LogP contribution is 2.03. The molecule has 0 atom stereocenters. The second-order valence-corrected chi connectivity index (χ2v) is 3.61. The molecule has 1 amide bonds. The number of hydrogen-bond acceptors (Lipinski definition) is 3. The van der Waals surface area contributed by atoms with E-state index in [0.29, 0.717) is 12.1 Å². The third-order valence-corrected chi connectivity index (χ3v) is 2.29. The molecule has 0 aliphatic rings. The number of H-pyrrole nitrogens is 1. The van der Waals surface area contributed by atoms with Gasteiger partial charge in [-0.15, -0.1) is 0 Å². The quantitative estimate of drug-likeness (QED) is 0.783. The molecule has 2 N–H and O–H groups in total. The van der Waals surface area contributed by atoms with Gasteiger partial charge in [-0.2, -0.15) is 10.2 Å². The van der Waals surface area contributed by atoms with Crippen molar-refractivity contribution in [2.45, 2.75) is 13.5 Å². The van der Waals surface area contributed by atoms with Crippen LogP contribution in [0.1, 0.15) is 21.6 Å². The molecule has 2 aromatic rings. The molecule has 0 spiro atoms. The number of aryl methyl sites for hydroxylation is 2. The third kappa shape index (κ3) is 2.10. The number of aromatic nitrogens is 4. The molecule has 84 valence electrons. The first kappa shape index (κ1) is 10.4. The molecule has 0 unspecified atom stereocenters. The maximum absolute atomic E-state index is 11.7. The summed E-state index contributed by atoms with van der Waals surface area (Å²) in [5, 5.41) is 13.3. The van der Waals surface area contributed by atoms with Crippen LogP contribution in [0, 0.1) is 6.92 Å².